The number of carboxylic acid groups (broad SMARTS) is 1. The van der Waals surface area contributed by atoms with Crippen molar-refractivity contribution in [2.24, 2.45) is 11.8 Å². The summed E-state index contributed by atoms with van der Waals surface area (Å²) in [5.74, 6) is 0.835. The van der Waals surface area contributed by atoms with Gasteiger partial charge in [0.2, 0.25) is 0 Å². The van der Waals surface area contributed by atoms with Crippen LogP contribution in [0.5, 0.6) is 0 Å². The van der Waals surface area contributed by atoms with Crippen molar-refractivity contribution in [3.8, 4) is 0 Å². The van der Waals surface area contributed by atoms with E-state index in [1.54, 1.807) is 0 Å². The van der Waals surface area contributed by atoms with E-state index in [0.29, 0.717) is 35.3 Å². The molecule has 1 fully saturated rings. The molecule has 2 aromatic carbocycles. The largest absolute Gasteiger partial charge is 0.545 e. The number of aromatic carboxylic acids is 1. The third kappa shape index (κ3) is 2.52. The molecule has 29 heavy (non-hydrogen) atoms. The molecule has 2 heterocycles. The lowest BCUT2D eigenvalue weighted by Gasteiger charge is -2.53. The molecule has 148 valence electrons. The van der Waals surface area contributed by atoms with Crippen molar-refractivity contribution in [1.29, 1.82) is 0 Å². The van der Waals surface area contributed by atoms with Crippen molar-refractivity contribution in [3.05, 3.63) is 76.9 Å². The van der Waals surface area contributed by atoms with Crippen molar-refractivity contribution in [2.75, 3.05) is 11.4 Å². The minimum absolute atomic E-state index is 0.296. The molecule has 0 amide bonds. The molecule has 1 saturated carbocycles. The second-order valence-corrected chi connectivity index (χ2v) is 9.30. The van der Waals surface area contributed by atoms with Crippen molar-refractivity contribution in [1.82, 2.24) is 0 Å². The van der Waals surface area contributed by atoms with E-state index in [1.165, 1.54) is 48.1 Å². The van der Waals surface area contributed by atoms with Gasteiger partial charge in [-0.05, 0) is 71.4 Å². The first-order valence-electron chi connectivity index (χ1n) is 11.1. The van der Waals surface area contributed by atoms with Gasteiger partial charge in [0, 0.05) is 18.2 Å². The van der Waals surface area contributed by atoms with Gasteiger partial charge in [0.05, 0.1) is 12.0 Å². The van der Waals surface area contributed by atoms with E-state index in [0.717, 1.165) is 13.0 Å². The van der Waals surface area contributed by atoms with Gasteiger partial charge in [0.1, 0.15) is 0 Å². The number of hydrogen-bond donors (Lipinski definition) is 0. The molecule has 0 spiro atoms. The number of carboxylic acids is 1. The molecular formula is C26H26NO2-. The molecule has 2 aromatic rings. The van der Waals surface area contributed by atoms with Gasteiger partial charge in [-0.3, -0.25) is 0 Å². The van der Waals surface area contributed by atoms with Crippen LogP contribution in [0.25, 0.3) is 0 Å². The molecule has 0 N–H and O–H groups in total. The van der Waals surface area contributed by atoms with E-state index in [9.17, 15) is 9.90 Å². The van der Waals surface area contributed by atoms with Gasteiger partial charge >= 0.3 is 0 Å². The first-order chi connectivity index (χ1) is 14.2. The SMILES string of the molecule is O=C([O-])c1cc2c3c(c1)[C@@H]1CCCC[C@@H]1CN3[C@H](c1ccccc1)[C@@H]1CC=C[C@H]21. The Kier molecular flexibility index (Phi) is 3.87. The van der Waals surface area contributed by atoms with E-state index in [2.05, 4.69) is 47.4 Å². The molecule has 3 heteroatoms. The number of carbonyl (C=O) groups is 1. The van der Waals surface area contributed by atoms with Crippen LogP contribution in [0, 0.1) is 11.8 Å². The van der Waals surface area contributed by atoms with Gasteiger partial charge in [0.25, 0.3) is 0 Å². The number of hydrogen-bond acceptors (Lipinski definition) is 3. The van der Waals surface area contributed by atoms with Gasteiger partial charge in [0.15, 0.2) is 0 Å². The fourth-order valence-electron chi connectivity index (χ4n) is 6.74. The molecule has 3 nitrogen and oxygen atoms in total. The van der Waals surface area contributed by atoms with Gasteiger partial charge in [-0.15, -0.1) is 0 Å². The fourth-order valence-corrected chi connectivity index (χ4v) is 6.74. The summed E-state index contributed by atoms with van der Waals surface area (Å²) in [5, 5.41) is 11.8. The van der Waals surface area contributed by atoms with Crippen LogP contribution >= 0.6 is 0 Å². The van der Waals surface area contributed by atoms with Crippen molar-refractivity contribution in [3.63, 3.8) is 0 Å². The summed E-state index contributed by atoms with van der Waals surface area (Å²) in [6.45, 7) is 1.10. The zero-order valence-electron chi connectivity index (χ0n) is 16.6. The molecule has 0 bridgehead atoms. The molecule has 2 aliphatic heterocycles. The highest BCUT2D eigenvalue weighted by molar-refractivity contribution is 5.88. The topological polar surface area (TPSA) is 43.4 Å². The molecule has 0 aromatic heterocycles. The highest BCUT2D eigenvalue weighted by Gasteiger charge is 2.47. The molecule has 0 saturated heterocycles. The first kappa shape index (κ1) is 17.3. The third-order valence-electron chi connectivity index (χ3n) is 7.89. The molecule has 2 aliphatic carbocycles. The van der Waals surface area contributed by atoms with E-state index in [4.69, 9.17) is 0 Å². The number of fused-ring (bicyclic) bond motifs is 4. The van der Waals surface area contributed by atoms with E-state index < -0.39 is 5.97 Å². The van der Waals surface area contributed by atoms with Crippen LogP contribution < -0.4 is 10.0 Å². The Morgan fingerprint density at radius 1 is 1.03 bits per heavy atom. The average molecular weight is 384 g/mol. The summed E-state index contributed by atoms with van der Waals surface area (Å²) in [4.78, 5) is 14.5. The Labute approximate surface area is 172 Å². The smallest absolute Gasteiger partial charge is 0.0715 e. The molecule has 4 aliphatic rings. The number of anilines is 1. The molecule has 0 unspecified atom stereocenters. The number of carbonyl (C=O) groups excluding carboxylic acids is 1. The minimum atomic E-state index is -1.04. The Hall–Kier alpha value is -2.55. The van der Waals surface area contributed by atoms with Crippen LogP contribution in [0.15, 0.2) is 54.6 Å². The molecule has 0 radical (unpaired) electrons. The number of nitrogens with zero attached hydrogens (tertiary/aromatic N) is 1. The van der Waals surface area contributed by atoms with Crippen molar-refractivity contribution in [2.45, 2.75) is 50.0 Å². The monoisotopic (exact) mass is 384 g/mol. The standard InChI is InChI=1S/C26H27NO2/c28-26(29)18-13-22-19-10-5-4-9-17(19)15-27-24(16-7-2-1-3-8-16)21-12-6-11-20(21)23(14-18)25(22)27/h1-3,6-8,11,13-14,17,19-21,24H,4-5,9-10,12,15H2,(H,28,29)/p-1/t17-,19-,20+,21-,24-/m1/s1. The maximum absolute atomic E-state index is 11.8. The van der Waals surface area contributed by atoms with Crippen LogP contribution in [-0.4, -0.2) is 12.5 Å². The number of benzene rings is 2. The maximum atomic E-state index is 11.8. The minimum Gasteiger partial charge on any atom is -0.545 e. The summed E-state index contributed by atoms with van der Waals surface area (Å²) >= 11 is 0. The highest BCUT2D eigenvalue weighted by Crippen LogP contribution is 2.59. The lowest BCUT2D eigenvalue weighted by atomic mass is 9.66. The fraction of sp³-hybridized carbons (Fsp3) is 0.423. The Balaban J connectivity index is 1.60. The van der Waals surface area contributed by atoms with Crippen LogP contribution in [0.2, 0.25) is 0 Å². The predicted molar refractivity (Wildman–Crippen MR) is 112 cm³/mol. The van der Waals surface area contributed by atoms with Gasteiger partial charge < -0.3 is 14.8 Å². The van der Waals surface area contributed by atoms with Crippen LogP contribution in [-0.2, 0) is 0 Å². The summed E-state index contributed by atoms with van der Waals surface area (Å²) in [6.07, 6.45) is 10.6. The normalized spacial score (nSPS) is 31.7. The second kappa shape index (κ2) is 6.48. The van der Waals surface area contributed by atoms with Gasteiger partial charge in [-0.1, -0.05) is 55.3 Å². The highest BCUT2D eigenvalue weighted by atomic mass is 16.4. The van der Waals surface area contributed by atoms with E-state index in [1.807, 2.05) is 12.1 Å². The van der Waals surface area contributed by atoms with Crippen LogP contribution in [0.3, 0.4) is 0 Å². The van der Waals surface area contributed by atoms with Crippen LogP contribution in [0.1, 0.15) is 77.0 Å². The Morgan fingerprint density at radius 3 is 2.66 bits per heavy atom. The van der Waals surface area contributed by atoms with E-state index in [-0.39, 0.29) is 0 Å². The second-order valence-electron chi connectivity index (χ2n) is 9.30. The lowest BCUT2D eigenvalue weighted by molar-refractivity contribution is -0.255. The zero-order chi connectivity index (χ0) is 19.5. The molecule has 6 rings (SSSR count). The summed E-state index contributed by atoms with van der Waals surface area (Å²) in [6, 6.07) is 15.2. The maximum Gasteiger partial charge on any atom is 0.0715 e. The predicted octanol–water partition coefficient (Wildman–Crippen LogP) is 4.56. The van der Waals surface area contributed by atoms with Gasteiger partial charge in [-0.2, -0.15) is 0 Å². The average Bonchev–Trinajstić information content (AvgIpc) is 3.24. The third-order valence-corrected chi connectivity index (χ3v) is 7.89. The lowest BCUT2D eigenvalue weighted by Crippen LogP contribution is -2.47. The zero-order valence-corrected chi connectivity index (χ0v) is 16.6. The first-order valence-corrected chi connectivity index (χ1v) is 11.1. The van der Waals surface area contributed by atoms with Crippen molar-refractivity contribution >= 4 is 11.7 Å². The Morgan fingerprint density at radius 2 is 1.83 bits per heavy atom. The molecule has 5 atom stereocenters. The molecular weight excluding hydrogens is 358 g/mol. The van der Waals surface area contributed by atoms with E-state index >= 15 is 0 Å². The van der Waals surface area contributed by atoms with Crippen molar-refractivity contribution < 1.29 is 9.90 Å². The van der Waals surface area contributed by atoms with Gasteiger partial charge in [-0.25, -0.2) is 0 Å². The summed E-state index contributed by atoms with van der Waals surface area (Å²) < 4.78 is 0. The number of allylic oxidation sites excluding steroid dienone is 2. The Bertz CT molecular complexity index is 995. The summed E-state index contributed by atoms with van der Waals surface area (Å²) in [5.41, 5.74) is 5.58. The van der Waals surface area contributed by atoms with Crippen LogP contribution in [0.4, 0.5) is 5.69 Å². The number of rotatable bonds is 2. The quantitative estimate of drug-likeness (QED) is 0.713. The summed E-state index contributed by atoms with van der Waals surface area (Å²) in [7, 11) is 0.